The molecule has 0 aliphatic rings. The number of nitrogens with zero attached hydrogens (tertiary/aromatic N) is 2. The van der Waals surface area contributed by atoms with E-state index in [-0.39, 0.29) is 0 Å². The smallest absolute Gasteiger partial charge is 0.213 e. The molecule has 3 nitrogen and oxygen atoms in total. The predicted octanol–water partition coefficient (Wildman–Crippen LogP) is 15.3. The van der Waals surface area contributed by atoms with E-state index in [0.29, 0.717) is 0 Å². The van der Waals surface area contributed by atoms with Crippen molar-refractivity contribution in [1.29, 1.82) is 0 Å². The number of hydrogen-bond acceptors (Lipinski definition) is 1. The molecule has 0 aliphatic carbocycles. The van der Waals surface area contributed by atoms with Gasteiger partial charge in [0, 0.05) is 32.9 Å². The fourth-order valence-corrected chi connectivity index (χ4v) is 9.08. The molecule has 0 N–H and O–H groups in total. The molecule has 3 heteroatoms. The molecule has 3 aromatic heterocycles. The van der Waals surface area contributed by atoms with Crippen LogP contribution in [0.25, 0.3) is 111 Å². The van der Waals surface area contributed by atoms with Crippen LogP contribution in [0.1, 0.15) is 0 Å². The predicted molar refractivity (Wildman–Crippen MR) is 247 cm³/mol. The Labute approximate surface area is 341 Å². The van der Waals surface area contributed by atoms with Gasteiger partial charge in [0.05, 0.1) is 21.9 Å². The molecule has 0 unspecified atom stereocenters. The Hall–Kier alpha value is -7.88. The van der Waals surface area contributed by atoms with E-state index in [1.165, 1.54) is 66.1 Å². The van der Waals surface area contributed by atoms with Crippen LogP contribution in [0.3, 0.4) is 0 Å². The zero-order chi connectivity index (χ0) is 38.9. The summed E-state index contributed by atoms with van der Waals surface area (Å²) in [4.78, 5) is 0. The van der Waals surface area contributed by atoms with Crippen molar-refractivity contribution < 1.29 is 4.42 Å². The Morgan fingerprint density at radius 1 is 0.271 bits per heavy atom. The standard InChI is InChI=1S/C56H36N2O/c1-4-12-37(13-5-1)42-26-31-52-48(34-42)49-35-43(38-14-6-2-7-15-38)27-32-53(49)57(52)46-29-24-40(25-30-46)39-20-22-41(23-21-39)44-28-33-54-50(36-44)55-47-18-10-11-19-51(47)58(56(55)59-54)45-16-8-3-9-17-45/h1-36H. The molecule has 0 fully saturated rings. The molecular formula is C56H36N2O. The van der Waals surface area contributed by atoms with Gasteiger partial charge < -0.3 is 8.98 Å². The average Bonchev–Trinajstić information content (AvgIpc) is 3.96. The Kier molecular flexibility index (Phi) is 7.54. The number of benzene rings is 9. The Bertz CT molecular complexity index is 3400. The minimum absolute atomic E-state index is 0.873. The van der Waals surface area contributed by atoms with Crippen LogP contribution >= 0.6 is 0 Å². The van der Waals surface area contributed by atoms with Gasteiger partial charge in [-0.25, -0.2) is 0 Å². The SMILES string of the molecule is c1ccc(-c2ccc3c(c2)c2cc(-c4ccccc4)ccc2n3-c2ccc(-c3ccc(-c4ccc5oc6c(c5c4)c4ccccc4n6-c4ccccc4)cc3)cc2)cc1. The van der Waals surface area contributed by atoms with Gasteiger partial charge >= 0.3 is 0 Å². The third-order valence-corrected chi connectivity index (χ3v) is 12.0. The van der Waals surface area contributed by atoms with Gasteiger partial charge in [-0.15, -0.1) is 0 Å². The summed E-state index contributed by atoms with van der Waals surface area (Å²) in [7, 11) is 0. The minimum Gasteiger partial charge on any atom is -0.439 e. The maximum absolute atomic E-state index is 6.58. The van der Waals surface area contributed by atoms with Gasteiger partial charge in [-0.3, -0.25) is 4.57 Å². The molecule has 0 amide bonds. The molecular weight excluding hydrogens is 717 g/mol. The molecule has 0 spiro atoms. The summed E-state index contributed by atoms with van der Waals surface area (Å²) in [6.45, 7) is 0. The topological polar surface area (TPSA) is 23.0 Å². The van der Waals surface area contributed by atoms with Crippen molar-refractivity contribution in [1.82, 2.24) is 9.13 Å². The van der Waals surface area contributed by atoms with Crippen LogP contribution < -0.4 is 0 Å². The fourth-order valence-electron chi connectivity index (χ4n) is 9.08. The van der Waals surface area contributed by atoms with Crippen molar-refractivity contribution in [2.24, 2.45) is 0 Å². The third-order valence-electron chi connectivity index (χ3n) is 12.0. The van der Waals surface area contributed by atoms with E-state index in [9.17, 15) is 0 Å². The summed E-state index contributed by atoms with van der Waals surface area (Å²) in [6.07, 6.45) is 0. The molecule has 3 heterocycles. The van der Waals surface area contributed by atoms with Gasteiger partial charge in [0.1, 0.15) is 5.58 Å². The summed E-state index contributed by atoms with van der Waals surface area (Å²) < 4.78 is 11.2. The van der Waals surface area contributed by atoms with Gasteiger partial charge in [0.2, 0.25) is 5.71 Å². The van der Waals surface area contributed by atoms with E-state index in [2.05, 4.69) is 221 Å². The average molecular weight is 753 g/mol. The van der Waals surface area contributed by atoms with E-state index in [0.717, 1.165) is 44.5 Å². The first-order valence-electron chi connectivity index (χ1n) is 20.2. The lowest BCUT2D eigenvalue weighted by Crippen LogP contribution is -1.94. The molecule has 0 aliphatic heterocycles. The first-order chi connectivity index (χ1) is 29.2. The first kappa shape index (κ1) is 33.3. The van der Waals surface area contributed by atoms with E-state index >= 15 is 0 Å². The van der Waals surface area contributed by atoms with E-state index in [1.54, 1.807) is 0 Å². The number of furan rings is 1. The third kappa shape index (κ3) is 5.44. The van der Waals surface area contributed by atoms with Crippen LogP contribution in [-0.4, -0.2) is 9.13 Å². The molecule has 0 radical (unpaired) electrons. The van der Waals surface area contributed by atoms with Crippen molar-refractivity contribution in [3.05, 3.63) is 218 Å². The number of aromatic nitrogens is 2. The van der Waals surface area contributed by atoms with Crippen molar-refractivity contribution in [2.75, 3.05) is 0 Å². The van der Waals surface area contributed by atoms with Crippen LogP contribution in [0.2, 0.25) is 0 Å². The van der Waals surface area contributed by atoms with Crippen LogP contribution in [0.15, 0.2) is 223 Å². The largest absolute Gasteiger partial charge is 0.439 e. The summed E-state index contributed by atoms with van der Waals surface area (Å²) in [5.41, 5.74) is 17.1. The lowest BCUT2D eigenvalue weighted by atomic mass is 9.99. The van der Waals surface area contributed by atoms with Crippen molar-refractivity contribution in [3.63, 3.8) is 0 Å². The molecule has 0 saturated heterocycles. The van der Waals surface area contributed by atoms with Crippen LogP contribution in [0.4, 0.5) is 0 Å². The number of hydrogen-bond donors (Lipinski definition) is 0. The van der Waals surface area contributed by atoms with Crippen molar-refractivity contribution in [3.8, 4) is 55.9 Å². The lowest BCUT2D eigenvalue weighted by molar-refractivity contribution is 0.645. The quantitative estimate of drug-likeness (QED) is 0.166. The highest BCUT2D eigenvalue weighted by molar-refractivity contribution is 6.20. The molecule has 59 heavy (non-hydrogen) atoms. The highest BCUT2D eigenvalue weighted by atomic mass is 16.3. The molecule has 12 rings (SSSR count). The first-order valence-corrected chi connectivity index (χ1v) is 20.2. The number of rotatable bonds is 6. The number of fused-ring (bicyclic) bond motifs is 8. The summed E-state index contributed by atoms with van der Waals surface area (Å²) >= 11 is 0. The van der Waals surface area contributed by atoms with E-state index in [1.807, 2.05) is 6.07 Å². The normalized spacial score (nSPS) is 11.7. The second-order valence-electron chi connectivity index (χ2n) is 15.3. The van der Waals surface area contributed by atoms with E-state index < -0.39 is 0 Å². The second kappa shape index (κ2) is 13.4. The van der Waals surface area contributed by atoms with Gasteiger partial charge in [-0.05, 0) is 111 Å². The van der Waals surface area contributed by atoms with Crippen molar-refractivity contribution >= 4 is 54.8 Å². The Morgan fingerprint density at radius 2 is 0.678 bits per heavy atom. The maximum atomic E-state index is 6.58. The number of para-hydroxylation sites is 2. The molecule has 12 aromatic rings. The minimum atomic E-state index is 0.873. The summed E-state index contributed by atoms with van der Waals surface area (Å²) in [6, 6.07) is 78.6. The summed E-state index contributed by atoms with van der Waals surface area (Å²) in [5, 5.41) is 5.95. The summed E-state index contributed by atoms with van der Waals surface area (Å²) in [5.74, 6) is 0. The zero-order valence-corrected chi connectivity index (χ0v) is 32.1. The molecule has 0 saturated carbocycles. The highest BCUT2D eigenvalue weighted by Gasteiger charge is 2.20. The van der Waals surface area contributed by atoms with Gasteiger partial charge in [-0.1, -0.05) is 152 Å². The Balaban J connectivity index is 0.903. The molecule has 9 aromatic carbocycles. The highest BCUT2D eigenvalue weighted by Crippen LogP contribution is 2.41. The Morgan fingerprint density at radius 3 is 1.27 bits per heavy atom. The lowest BCUT2D eigenvalue weighted by Gasteiger charge is -2.11. The maximum Gasteiger partial charge on any atom is 0.213 e. The monoisotopic (exact) mass is 752 g/mol. The van der Waals surface area contributed by atoms with Crippen LogP contribution in [-0.2, 0) is 0 Å². The zero-order valence-electron chi connectivity index (χ0n) is 32.1. The van der Waals surface area contributed by atoms with Gasteiger partial charge in [-0.2, -0.15) is 0 Å². The molecule has 0 bridgehead atoms. The van der Waals surface area contributed by atoms with Crippen LogP contribution in [0.5, 0.6) is 0 Å². The van der Waals surface area contributed by atoms with Crippen molar-refractivity contribution in [2.45, 2.75) is 0 Å². The molecule has 0 atom stereocenters. The fraction of sp³-hybridized carbons (Fsp3) is 0. The van der Waals surface area contributed by atoms with Crippen LogP contribution in [0, 0.1) is 0 Å². The second-order valence-corrected chi connectivity index (χ2v) is 15.3. The molecule has 276 valence electrons. The van der Waals surface area contributed by atoms with Gasteiger partial charge in [0.15, 0.2) is 0 Å². The van der Waals surface area contributed by atoms with E-state index in [4.69, 9.17) is 4.42 Å². The van der Waals surface area contributed by atoms with Gasteiger partial charge in [0.25, 0.3) is 0 Å².